The molecule has 21 heavy (non-hydrogen) atoms. The standard InChI is InChI=1S/C15H24N4O.ClH/c1-9-6-13(18-19(9)2)17-15(20)12-7-10-4-3-5-11(8-12)14(10)16;/h6,10-12,14H,3-5,7-8,16H2,1-2H3,(H,17,18,20);1H. The lowest BCUT2D eigenvalue weighted by Crippen LogP contribution is -2.48. The van der Waals surface area contributed by atoms with Crippen LogP contribution in [0.15, 0.2) is 6.07 Å². The first-order chi connectivity index (χ1) is 9.54. The molecule has 0 spiro atoms. The maximum Gasteiger partial charge on any atom is 0.228 e. The second kappa shape index (κ2) is 6.36. The number of halogens is 1. The molecule has 5 nitrogen and oxygen atoms in total. The summed E-state index contributed by atoms with van der Waals surface area (Å²) in [5.74, 6) is 1.95. The molecule has 2 aliphatic carbocycles. The second-order valence-corrected chi connectivity index (χ2v) is 6.48. The predicted octanol–water partition coefficient (Wildman–Crippen LogP) is 2.24. The first-order valence-corrected chi connectivity index (χ1v) is 7.61. The van der Waals surface area contributed by atoms with Crippen LogP contribution in [0.4, 0.5) is 5.82 Å². The summed E-state index contributed by atoms with van der Waals surface area (Å²) in [6.45, 7) is 1.98. The van der Waals surface area contributed by atoms with E-state index in [2.05, 4.69) is 10.4 Å². The summed E-state index contributed by atoms with van der Waals surface area (Å²) in [7, 11) is 1.88. The van der Waals surface area contributed by atoms with Gasteiger partial charge in [-0.25, -0.2) is 0 Å². The molecule has 118 valence electrons. The van der Waals surface area contributed by atoms with E-state index in [0.29, 0.717) is 23.7 Å². The minimum absolute atomic E-state index is 0. The van der Waals surface area contributed by atoms with Gasteiger partial charge in [0.2, 0.25) is 5.91 Å². The van der Waals surface area contributed by atoms with E-state index in [1.165, 1.54) is 19.3 Å². The largest absolute Gasteiger partial charge is 0.327 e. The van der Waals surface area contributed by atoms with Crippen LogP contribution in [0.1, 0.15) is 37.8 Å². The third kappa shape index (κ3) is 3.24. The van der Waals surface area contributed by atoms with Gasteiger partial charge in [0.1, 0.15) is 0 Å². The van der Waals surface area contributed by atoms with Crippen molar-refractivity contribution in [3.63, 3.8) is 0 Å². The molecular weight excluding hydrogens is 288 g/mol. The average Bonchev–Trinajstić information content (AvgIpc) is 2.67. The number of rotatable bonds is 2. The summed E-state index contributed by atoms with van der Waals surface area (Å²) in [5.41, 5.74) is 7.32. The number of hydrogen-bond acceptors (Lipinski definition) is 3. The Morgan fingerprint density at radius 2 is 2.00 bits per heavy atom. The van der Waals surface area contributed by atoms with Gasteiger partial charge in [-0.1, -0.05) is 6.42 Å². The van der Waals surface area contributed by atoms with Crippen LogP contribution in [0.5, 0.6) is 0 Å². The molecule has 1 heterocycles. The molecule has 2 unspecified atom stereocenters. The van der Waals surface area contributed by atoms with Gasteiger partial charge in [0.05, 0.1) is 0 Å². The molecule has 0 aliphatic heterocycles. The van der Waals surface area contributed by atoms with Gasteiger partial charge in [0, 0.05) is 30.8 Å². The van der Waals surface area contributed by atoms with Crippen molar-refractivity contribution < 1.29 is 4.79 Å². The molecule has 0 saturated heterocycles. The summed E-state index contributed by atoms with van der Waals surface area (Å²) in [6.07, 6.45) is 5.52. The van der Waals surface area contributed by atoms with Crippen LogP contribution in [0.25, 0.3) is 0 Å². The highest BCUT2D eigenvalue weighted by Crippen LogP contribution is 2.42. The zero-order valence-corrected chi connectivity index (χ0v) is 13.5. The Hall–Kier alpha value is -1.07. The lowest BCUT2D eigenvalue weighted by molar-refractivity contribution is -0.122. The minimum atomic E-state index is 0. The molecule has 2 fully saturated rings. The Labute approximate surface area is 132 Å². The number of carbonyl (C=O) groups is 1. The Morgan fingerprint density at radius 1 is 1.38 bits per heavy atom. The Kier molecular flexibility index (Phi) is 4.94. The van der Waals surface area contributed by atoms with Gasteiger partial charge < -0.3 is 11.1 Å². The molecule has 3 rings (SSSR count). The Bertz CT molecular complexity index is 482. The third-order valence-corrected chi connectivity index (χ3v) is 5.15. The number of aryl methyl sites for hydroxylation is 2. The maximum atomic E-state index is 12.4. The summed E-state index contributed by atoms with van der Waals surface area (Å²) in [4.78, 5) is 12.4. The van der Waals surface area contributed by atoms with Crippen molar-refractivity contribution in [3.8, 4) is 0 Å². The topological polar surface area (TPSA) is 72.9 Å². The highest BCUT2D eigenvalue weighted by Gasteiger charge is 2.40. The van der Waals surface area contributed by atoms with Crippen LogP contribution in [0.2, 0.25) is 0 Å². The van der Waals surface area contributed by atoms with Gasteiger partial charge in [-0.05, 0) is 44.4 Å². The fourth-order valence-corrected chi connectivity index (χ4v) is 3.85. The molecule has 2 atom stereocenters. The van der Waals surface area contributed by atoms with Crippen LogP contribution in [0, 0.1) is 24.7 Å². The maximum absolute atomic E-state index is 12.4. The summed E-state index contributed by atoms with van der Waals surface area (Å²) >= 11 is 0. The first kappa shape index (κ1) is 16.3. The molecular formula is C15H25ClN4O. The normalized spacial score (nSPS) is 31.4. The van der Waals surface area contributed by atoms with Crippen LogP contribution in [-0.4, -0.2) is 21.7 Å². The lowest BCUT2D eigenvalue weighted by atomic mass is 9.65. The van der Waals surface area contributed by atoms with E-state index in [1.54, 1.807) is 4.68 Å². The van der Waals surface area contributed by atoms with Crippen LogP contribution in [0.3, 0.4) is 0 Å². The molecule has 3 N–H and O–H groups in total. The summed E-state index contributed by atoms with van der Waals surface area (Å²) in [5, 5.41) is 7.26. The second-order valence-electron chi connectivity index (χ2n) is 6.48. The van der Waals surface area contributed by atoms with Crippen molar-refractivity contribution >= 4 is 24.1 Å². The number of nitrogens with two attached hydrogens (primary N) is 1. The van der Waals surface area contributed by atoms with Gasteiger partial charge in [0.25, 0.3) is 0 Å². The molecule has 2 bridgehead atoms. The first-order valence-electron chi connectivity index (χ1n) is 7.61. The fraction of sp³-hybridized carbons (Fsp3) is 0.733. The van der Waals surface area contributed by atoms with Gasteiger partial charge >= 0.3 is 0 Å². The molecule has 1 amide bonds. The van der Waals surface area contributed by atoms with E-state index in [1.807, 2.05) is 20.0 Å². The molecule has 2 saturated carbocycles. The van der Waals surface area contributed by atoms with E-state index in [0.717, 1.165) is 18.5 Å². The number of aromatic nitrogens is 2. The average molecular weight is 313 g/mol. The number of hydrogen-bond donors (Lipinski definition) is 2. The van der Waals surface area contributed by atoms with Gasteiger partial charge in [-0.2, -0.15) is 5.10 Å². The third-order valence-electron chi connectivity index (χ3n) is 5.15. The zero-order chi connectivity index (χ0) is 14.3. The van der Waals surface area contributed by atoms with Crippen molar-refractivity contribution in [2.24, 2.45) is 30.5 Å². The SMILES string of the molecule is Cc1cc(NC(=O)C2CC3CCCC(C2)C3N)nn1C.Cl. The number of carbonyl (C=O) groups excluding carboxylic acids is 1. The van der Waals surface area contributed by atoms with Crippen LogP contribution >= 0.6 is 12.4 Å². The fourth-order valence-electron chi connectivity index (χ4n) is 3.85. The molecule has 0 radical (unpaired) electrons. The van der Waals surface area contributed by atoms with Crippen LogP contribution in [-0.2, 0) is 11.8 Å². The number of nitrogens with zero attached hydrogens (tertiary/aromatic N) is 2. The van der Waals surface area contributed by atoms with Gasteiger partial charge in [-0.3, -0.25) is 9.48 Å². The molecule has 1 aromatic heterocycles. The van der Waals surface area contributed by atoms with Crippen molar-refractivity contribution in [3.05, 3.63) is 11.8 Å². The van der Waals surface area contributed by atoms with Gasteiger partial charge in [-0.15, -0.1) is 12.4 Å². The highest BCUT2D eigenvalue weighted by molar-refractivity contribution is 5.91. The Morgan fingerprint density at radius 3 is 2.52 bits per heavy atom. The quantitative estimate of drug-likeness (QED) is 0.879. The molecule has 0 aromatic carbocycles. The van der Waals surface area contributed by atoms with Crippen molar-refractivity contribution in [2.45, 2.75) is 45.1 Å². The van der Waals surface area contributed by atoms with Crippen molar-refractivity contribution in [1.82, 2.24) is 9.78 Å². The number of amides is 1. The minimum Gasteiger partial charge on any atom is -0.327 e. The van der Waals surface area contributed by atoms with E-state index >= 15 is 0 Å². The van der Waals surface area contributed by atoms with Crippen molar-refractivity contribution in [1.29, 1.82) is 0 Å². The monoisotopic (exact) mass is 312 g/mol. The van der Waals surface area contributed by atoms with E-state index in [9.17, 15) is 4.79 Å². The van der Waals surface area contributed by atoms with E-state index in [4.69, 9.17) is 5.73 Å². The van der Waals surface area contributed by atoms with Crippen LogP contribution < -0.4 is 11.1 Å². The zero-order valence-electron chi connectivity index (χ0n) is 12.7. The Balaban J connectivity index is 0.00000161. The highest BCUT2D eigenvalue weighted by atomic mass is 35.5. The van der Waals surface area contributed by atoms with E-state index in [-0.39, 0.29) is 24.2 Å². The predicted molar refractivity (Wildman–Crippen MR) is 85.4 cm³/mol. The molecule has 6 heteroatoms. The number of fused-ring (bicyclic) bond motifs is 2. The van der Waals surface area contributed by atoms with Crippen molar-refractivity contribution in [2.75, 3.05) is 5.32 Å². The van der Waals surface area contributed by atoms with Gasteiger partial charge in [0.15, 0.2) is 5.82 Å². The number of anilines is 1. The molecule has 2 aliphatic rings. The summed E-state index contributed by atoms with van der Waals surface area (Å²) < 4.78 is 1.78. The lowest BCUT2D eigenvalue weighted by Gasteiger charge is -2.43. The molecule has 1 aromatic rings. The summed E-state index contributed by atoms with van der Waals surface area (Å²) in [6, 6.07) is 2.22. The smallest absolute Gasteiger partial charge is 0.228 e. The van der Waals surface area contributed by atoms with E-state index < -0.39 is 0 Å². The number of nitrogens with one attached hydrogen (secondary N) is 1.